The van der Waals surface area contributed by atoms with Gasteiger partial charge in [0.1, 0.15) is 23.4 Å². The molecule has 0 unspecified atom stereocenters. The number of likely N-dealkylation sites (N-methyl/N-ethyl adjacent to an activating group) is 1. The summed E-state index contributed by atoms with van der Waals surface area (Å²) in [5.74, 6) is 0.227. The zero-order valence-corrected chi connectivity index (χ0v) is 16.3. The van der Waals surface area contributed by atoms with Crippen LogP contribution in [0.1, 0.15) is 19.4 Å². The highest BCUT2D eigenvalue weighted by molar-refractivity contribution is 5.87. The number of nitrogens with zero attached hydrogens (tertiary/aromatic N) is 1. The van der Waals surface area contributed by atoms with Gasteiger partial charge in [-0.15, -0.1) is 0 Å². The van der Waals surface area contributed by atoms with Crippen molar-refractivity contribution in [1.82, 2.24) is 10.2 Å². The number of methoxy groups -OCH3 is 1. The molecule has 1 atom stereocenters. The Hall–Kier alpha value is -3.09. The summed E-state index contributed by atoms with van der Waals surface area (Å²) in [5, 5.41) is 2.71. The van der Waals surface area contributed by atoms with Gasteiger partial charge >= 0.3 is 0 Å². The van der Waals surface area contributed by atoms with Gasteiger partial charge in [0.15, 0.2) is 6.61 Å². The van der Waals surface area contributed by atoms with E-state index in [-0.39, 0.29) is 30.8 Å². The van der Waals surface area contributed by atoms with Crippen LogP contribution in [0.2, 0.25) is 0 Å². The van der Waals surface area contributed by atoms with Gasteiger partial charge in [-0.05, 0) is 55.8 Å². The fraction of sp³-hybridized carbons (Fsp3) is 0.333. The van der Waals surface area contributed by atoms with Crippen molar-refractivity contribution in [1.29, 1.82) is 0 Å². The van der Waals surface area contributed by atoms with Gasteiger partial charge in [0.05, 0.1) is 7.11 Å². The van der Waals surface area contributed by atoms with Crippen molar-refractivity contribution in [3.63, 3.8) is 0 Å². The molecule has 0 aliphatic rings. The Morgan fingerprint density at radius 3 is 2.25 bits per heavy atom. The van der Waals surface area contributed by atoms with Gasteiger partial charge in [0, 0.05) is 13.1 Å². The second-order valence-electron chi connectivity index (χ2n) is 6.18. The maximum Gasteiger partial charge on any atom is 0.261 e. The normalized spacial score (nSPS) is 11.4. The van der Waals surface area contributed by atoms with Crippen LogP contribution in [0.25, 0.3) is 0 Å². The average Bonchev–Trinajstić information content (AvgIpc) is 2.71. The molecule has 0 aromatic heterocycles. The van der Waals surface area contributed by atoms with E-state index in [2.05, 4.69) is 5.32 Å². The fourth-order valence-corrected chi connectivity index (χ4v) is 2.59. The Kier molecular flexibility index (Phi) is 7.80. The summed E-state index contributed by atoms with van der Waals surface area (Å²) >= 11 is 0. The van der Waals surface area contributed by atoms with E-state index in [0.29, 0.717) is 18.0 Å². The maximum absolute atomic E-state index is 13.2. The topological polar surface area (TPSA) is 67.9 Å². The number of halogens is 1. The third kappa shape index (κ3) is 5.97. The van der Waals surface area contributed by atoms with Crippen LogP contribution >= 0.6 is 0 Å². The summed E-state index contributed by atoms with van der Waals surface area (Å²) in [4.78, 5) is 26.5. The van der Waals surface area contributed by atoms with Gasteiger partial charge in [0.25, 0.3) is 5.91 Å². The molecular weight excluding hydrogens is 363 g/mol. The van der Waals surface area contributed by atoms with E-state index >= 15 is 0 Å². The first kappa shape index (κ1) is 21.2. The number of hydrogen-bond donors (Lipinski definition) is 1. The standard InChI is InChI=1S/C21H25FN2O4/c1-4-23-21(26)15(2)24(13-16-5-7-17(22)8-6-16)20(25)14-28-19-11-9-18(27-3)10-12-19/h5-12,15H,4,13-14H2,1-3H3,(H,23,26)/t15-/m1/s1. The molecule has 0 bridgehead atoms. The van der Waals surface area contributed by atoms with Gasteiger partial charge in [-0.2, -0.15) is 0 Å². The van der Waals surface area contributed by atoms with Crippen molar-refractivity contribution in [2.75, 3.05) is 20.3 Å². The Labute approximate surface area is 164 Å². The van der Waals surface area contributed by atoms with Crippen LogP contribution in [0.15, 0.2) is 48.5 Å². The molecule has 7 heteroatoms. The number of amides is 2. The molecule has 2 amide bonds. The molecule has 0 fully saturated rings. The lowest BCUT2D eigenvalue weighted by Crippen LogP contribution is -2.49. The highest BCUT2D eigenvalue weighted by atomic mass is 19.1. The zero-order chi connectivity index (χ0) is 20.5. The van der Waals surface area contributed by atoms with Crippen LogP contribution < -0.4 is 14.8 Å². The van der Waals surface area contributed by atoms with E-state index in [4.69, 9.17) is 9.47 Å². The van der Waals surface area contributed by atoms with Crippen LogP contribution in [0, 0.1) is 5.82 Å². The third-order valence-electron chi connectivity index (χ3n) is 4.21. The van der Waals surface area contributed by atoms with Crippen LogP contribution in [-0.4, -0.2) is 43.0 Å². The Morgan fingerprint density at radius 2 is 1.68 bits per heavy atom. The second kappa shape index (κ2) is 10.3. The van der Waals surface area contributed by atoms with Crippen molar-refractivity contribution in [3.8, 4) is 11.5 Å². The molecule has 0 spiro atoms. The predicted molar refractivity (Wildman–Crippen MR) is 104 cm³/mol. The van der Waals surface area contributed by atoms with Crippen molar-refractivity contribution < 1.29 is 23.5 Å². The molecule has 0 aliphatic carbocycles. The first-order valence-electron chi connectivity index (χ1n) is 9.03. The number of nitrogens with one attached hydrogen (secondary N) is 1. The number of rotatable bonds is 9. The minimum Gasteiger partial charge on any atom is -0.497 e. The van der Waals surface area contributed by atoms with E-state index in [9.17, 15) is 14.0 Å². The predicted octanol–water partition coefficient (Wildman–Crippen LogP) is 2.77. The number of carbonyl (C=O) groups is 2. The summed E-state index contributed by atoms with van der Waals surface area (Å²) < 4.78 is 23.8. The Bertz CT molecular complexity index is 778. The molecule has 2 aromatic carbocycles. The molecule has 2 rings (SSSR count). The molecular formula is C21H25FN2O4. The minimum absolute atomic E-state index is 0.170. The third-order valence-corrected chi connectivity index (χ3v) is 4.21. The van der Waals surface area contributed by atoms with E-state index in [1.165, 1.54) is 17.0 Å². The molecule has 0 heterocycles. The van der Waals surface area contributed by atoms with Crippen LogP contribution in [0.3, 0.4) is 0 Å². The monoisotopic (exact) mass is 388 g/mol. The lowest BCUT2D eigenvalue weighted by molar-refractivity contribution is -0.142. The van der Waals surface area contributed by atoms with Crippen molar-refractivity contribution in [2.24, 2.45) is 0 Å². The van der Waals surface area contributed by atoms with Crippen LogP contribution in [0.4, 0.5) is 4.39 Å². The lowest BCUT2D eigenvalue weighted by Gasteiger charge is -2.28. The Morgan fingerprint density at radius 1 is 1.07 bits per heavy atom. The lowest BCUT2D eigenvalue weighted by atomic mass is 10.1. The molecule has 0 saturated heterocycles. The first-order chi connectivity index (χ1) is 13.4. The summed E-state index contributed by atoms with van der Waals surface area (Å²) in [6.45, 7) is 3.87. The molecule has 0 saturated carbocycles. The quantitative estimate of drug-likeness (QED) is 0.717. The number of carbonyl (C=O) groups excluding carboxylic acids is 2. The molecule has 0 aliphatic heterocycles. The Balaban J connectivity index is 2.10. The molecule has 150 valence electrons. The molecule has 28 heavy (non-hydrogen) atoms. The van der Waals surface area contributed by atoms with E-state index in [1.807, 2.05) is 6.92 Å². The van der Waals surface area contributed by atoms with Gasteiger partial charge in [0.2, 0.25) is 5.91 Å². The molecule has 6 nitrogen and oxygen atoms in total. The number of ether oxygens (including phenoxy) is 2. The average molecular weight is 388 g/mol. The van der Waals surface area contributed by atoms with E-state index < -0.39 is 6.04 Å². The van der Waals surface area contributed by atoms with Crippen molar-refractivity contribution in [3.05, 3.63) is 59.9 Å². The smallest absolute Gasteiger partial charge is 0.261 e. The van der Waals surface area contributed by atoms with E-state index in [0.717, 1.165) is 5.56 Å². The number of hydrogen-bond acceptors (Lipinski definition) is 4. The van der Waals surface area contributed by atoms with Crippen molar-refractivity contribution in [2.45, 2.75) is 26.4 Å². The first-order valence-corrected chi connectivity index (χ1v) is 9.03. The van der Waals surface area contributed by atoms with Crippen molar-refractivity contribution >= 4 is 11.8 Å². The summed E-state index contributed by atoms with van der Waals surface area (Å²) in [7, 11) is 1.56. The van der Waals surface area contributed by atoms with Gasteiger partial charge in [-0.3, -0.25) is 9.59 Å². The van der Waals surface area contributed by atoms with Crippen LogP contribution in [0.5, 0.6) is 11.5 Å². The maximum atomic E-state index is 13.2. The van der Waals surface area contributed by atoms with Gasteiger partial charge in [-0.1, -0.05) is 12.1 Å². The van der Waals surface area contributed by atoms with Gasteiger partial charge in [-0.25, -0.2) is 4.39 Å². The highest BCUT2D eigenvalue weighted by Crippen LogP contribution is 2.17. The van der Waals surface area contributed by atoms with Gasteiger partial charge < -0.3 is 19.7 Å². The molecule has 1 N–H and O–H groups in total. The van der Waals surface area contributed by atoms with Crippen LogP contribution in [-0.2, 0) is 16.1 Å². The fourth-order valence-electron chi connectivity index (χ4n) is 2.59. The molecule has 0 radical (unpaired) electrons. The highest BCUT2D eigenvalue weighted by Gasteiger charge is 2.26. The summed E-state index contributed by atoms with van der Waals surface area (Å²) in [5.41, 5.74) is 0.718. The summed E-state index contributed by atoms with van der Waals surface area (Å²) in [6.07, 6.45) is 0. The second-order valence-corrected chi connectivity index (χ2v) is 6.18. The van der Waals surface area contributed by atoms with E-state index in [1.54, 1.807) is 50.4 Å². The zero-order valence-electron chi connectivity index (χ0n) is 16.3. The SMILES string of the molecule is CCNC(=O)[C@@H](C)N(Cc1ccc(F)cc1)C(=O)COc1ccc(OC)cc1. The minimum atomic E-state index is -0.697. The largest absolute Gasteiger partial charge is 0.497 e. The summed E-state index contributed by atoms with van der Waals surface area (Å²) in [6, 6.07) is 12.0. The number of benzene rings is 2. The molecule has 2 aromatic rings.